The third-order valence-corrected chi connectivity index (χ3v) is 1.69. The molecular weight excluding hydrogens is 192 g/mol. The normalized spacial score (nSPS) is 11.4. The lowest BCUT2D eigenvalue weighted by molar-refractivity contribution is -0.164. The molecule has 0 unspecified atom stereocenters. The zero-order valence-corrected chi connectivity index (χ0v) is 7.50. The van der Waals surface area contributed by atoms with Crippen molar-refractivity contribution in [3.63, 3.8) is 0 Å². The molecule has 0 aliphatic carbocycles. The van der Waals surface area contributed by atoms with Crippen molar-refractivity contribution in [1.29, 1.82) is 0 Å². The van der Waals surface area contributed by atoms with E-state index in [1.807, 2.05) is 0 Å². The lowest BCUT2D eigenvalue weighted by Crippen LogP contribution is -2.31. The Kier molecular flexibility index (Phi) is 2.78. The van der Waals surface area contributed by atoms with Crippen molar-refractivity contribution in [3.05, 3.63) is 29.6 Å². The molecule has 1 heterocycles. The Morgan fingerprint density at radius 3 is 2.64 bits per heavy atom. The topological polar surface area (TPSA) is 50.2 Å². The van der Waals surface area contributed by atoms with Crippen molar-refractivity contribution in [3.8, 4) is 0 Å². The molecule has 0 saturated heterocycles. The summed E-state index contributed by atoms with van der Waals surface area (Å²) >= 11 is 0. The first-order valence-electron chi connectivity index (χ1n) is 3.94. The first kappa shape index (κ1) is 10.6. The summed E-state index contributed by atoms with van der Waals surface area (Å²) in [5, 5.41) is 8.18. The first-order valence-corrected chi connectivity index (χ1v) is 3.94. The van der Waals surface area contributed by atoms with Crippen molar-refractivity contribution in [2.24, 2.45) is 0 Å². The number of carbonyl (C=O) groups is 1. The van der Waals surface area contributed by atoms with Gasteiger partial charge in [0.1, 0.15) is 0 Å². The fourth-order valence-corrected chi connectivity index (χ4v) is 0.906. The lowest BCUT2D eigenvalue weighted by Gasteiger charge is -2.09. The molecule has 1 aromatic heterocycles. The molecule has 0 radical (unpaired) electrons. The average molecular weight is 201 g/mol. The van der Waals surface area contributed by atoms with Gasteiger partial charge in [-0.3, -0.25) is 4.98 Å². The minimum absolute atomic E-state index is 0.0722. The number of carboxylic acids is 1. The van der Waals surface area contributed by atoms with E-state index in [-0.39, 0.29) is 5.69 Å². The number of alkyl halides is 2. The summed E-state index contributed by atoms with van der Waals surface area (Å²) in [6.07, 6.45) is 0.551. The zero-order valence-electron chi connectivity index (χ0n) is 7.50. The molecule has 0 aliphatic heterocycles. The van der Waals surface area contributed by atoms with Crippen LogP contribution in [0.5, 0.6) is 0 Å². The van der Waals surface area contributed by atoms with E-state index < -0.39 is 18.3 Å². The number of hydrogen-bond donors (Lipinski definition) is 1. The van der Waals surface area contributed by atoms with E-state index in [9.17, 15) is 13.6 Å². The molecule has 5 heteroatoms. The van der Waals surface area contributed by atoms with Crippen molar-refractivity contribution >= 4 is 5.97 Å². The van der Waals surface area contributed by atoms with Crippen LogP contribution in [0.25, 0.3) is 0 Å². The van der Waals surface area contributed by atoms with Crippen LogP contribution in [-0.2, 0) is 11.2 Å². The quantitative estimate of drug-likeness (QED) is 0.808. The standard InChI is InChI=1S/C9H9F2NO2/c1-6-2-3-7(12-5-6)4-9(10,11)8(13)14/h2-3,5H,4H2,1H3,(H,13,14). The van der Waals surface area contributed by atoms with Crippen LogP contribution in [0, 0.1) is 6.92 Å². The number of pyridine rings is 1. The molecule has 1 aromatic rings. The minimum Gasteiger partial charge on any atom is -0.477 e. The molecule has 0 saturated carbocycles. The molecule has 0 atom stereocenters. The highest BCUT2D eigenvalue weighted by Crippen LogP contribution is 2.19. The molecule has 0 spiro atoms. The summed E-state index contributed by atoms with van der Waals surface area (Å²) in [5.74, 6) is -5.87. The fourth-order valence-electron chi connectivity index (χ4n) is 0.906. The van der Waals surface area contributed by atoms with E-state index in [0.717, 1.165) is 5.56 Å². The average Bonchev–Trinajstić information content (AvgIpc) is 2.08. The molecule has 14 heavy (non-hydrogen) atoms. The number of hydrogen-bond acceptors (Lipinski definition) is 2. The Morgan fingerprint density at radius 2 is 2.21 bits per heavy atom. The summed E-state index contributed by atoms with van der Waals surface area (Å²) in [6, 6.07) is 3.01. The molecular formula is C9H9F2NO2. The van der Waals surface area contributed by atoms with E-state index in [1.54, 1.807) is 13.0 Å². The Labute approximate surface area is 79.4 Å². The van der Waals surface area contributed by atoms with Crippen molar-refractivity contribution in [1.82, 2.24) is 4.98 Å². The maximum absolute atomic E-state index is 12.7. The summed E-state index contributed by atoms with van der Waals surface area (Å²) in [6.45, 7) is 1.77. The predicted molar refractivity (Wildman–Crippen MR) is 45.3 cm³/mol. The summed E-state index contributed by atoms with van der Waals surface area (Å²) in [7, 11) is 0. The molecule has 0 amide bonds. The number of nitrogens with zero attached hydrogens (tertiary/aromatic N) is 1. The third kappa shape index (κ3) is 2.48. The van der Waals surface area contributed by atoms with Gasteiger partial charge in [0, 0.05) is 11.9 Å². The molecule has 1 N–H and O–H groups in total. The largest absolute Gasteiger partial charge is 0.477 e. The van der Waals surface area contributed by atoms with Crippen LogP contribution in [0.2, 0.25) is 0 Å². The van der Waals surface area contributed by atoms with Gasteiger partial charge < -0.3 is 5.11 Å². The van der Waals surface area contributed by atoms with Gasteiger partial charge in [0.15, 0.2) is 0 Å². The fraction of sp³-hybridized carbons (Fsp3) is 0.333. The van der Waals surface area contributed by atoms with Crippen LogP contribution < -0.4 is 0 Å². The SMILES string of the molecule is Cc1ccc(CC(F)(F)C(=O)O)nc1. The lowest BCUT2D eigenvalue weighted by atomic mass is 10.1. The van der Waals surface area contributed by atoms with E-state index in [4.69, 9.17) is 5.11 Å². The monoisotopic (exact) mass is 201 g/mol. The molecule has 3 nitrogen and oxygen atoms in total. The summed E-state index contributed by atoms with van der Waals surface area (Å²) in [4.78, 5) is 13.8. The number of carboxylic acid groups (broad SMARTS) is 1. The van der Waals surface area contributed by atoms with E-state index in [2.05, 4.69) is 4.98 Å². The second-order valence-electron chi connectivity index (χ2n) is 3.01. The predicted octanol–water partition coefficient (Wildman–Crippen LogP) is 1.65. The van der Waals surface area contributed by atoms with Crippen LogP contribution in [-0.4, -0.2) is 22.0 Å². The van der Waals surface area contributed by atoms with Crippen LogP contribution >= 0.6 is 0 Å². The number of aliphatic carboxylic acids is 1. The Bertz CT molecular complexity index is 335. The summed E-state index contributed by atoms with van der Waals surface area (Å²) < 4.78 is 25.4. The number of rotatable bonds is 3. The van der Waals surface area contributed by atoms with E-state index in [1.165, 1.54) is 12.3 Å². The van der Waals surface area contributed by atoms with Gasteiger partial charge in [0.2, 0.25) is 0 Å². The van der Waals surface area contributed by atoms with Gasteiger partial charge in [0.05, 0.1) is 6.42 Å². The van der Waals surface area contributed by atoms with Crippen LogP contribution in [0.4, 0.5) is 8.78 Å². The number of aromatic nitrogens is 1. The van der Waals surface area contributed by atoms with Crippen LogP contribution in [0.3, 0.4) is 0 Å². The molecule has 0 fully saturated rings. The minimum atomic E-state index is -3.75. The van der Waals surface area contributed by atoms with Crippen molar-refractivity contribution in [2.45, 2.75) is 19.3 Å². The van der Waals surface area contributed by atoms with Crippen molar-refractivity contribution in [2.75, 3.05) is 0 Å². The zero-order chi connectivity index (χ0) is 10.8. The molecule has 0 aromatic carbocycles. The summed E-state index contributed by atoms with van der Waals surface area (Å²) in [5.41, 5.74) is 0.912. The molecule has 0 bridgehead atoms. The van der Waals surface area contributed by atoms with Gasteiger partial charge in [-0.25, -0.2) is 4.79 Å². The second kappa shape index (κ2) is 3.69. The number of aryl methyl sites for hydroxylation is 1. The van der Waals surface area contributed by atoms with Gasteiger partial charge in [-0.2, -0.15) is 8.78 Å². The van der Waals surface area contributed by atoms with Gasteiger partial charge in [0.25, 0.3) is 0 Å². The first-order chi connectivity index (χ1) is 6.42. The highest BCUT2D eigenvalue weighted by Gasteiger charge is 2.39. The Hall–Kier alpha value is -1.52. The van der Waals surface area contributed by atoms with Crippen LogP contribution in [0.15, 0.2) is 18.3 Å². The Morgan fingerprint density at radius 1 is 1.57 bits per heavy atom. The second-order valence-corrected chi connectivity index (χ2v) is 3.01. The molecule has 1 rings (SSSR count). The van der Waals surface area contributed by atoms with E-state index >= 15 is 0 Å². The highest BCUT2D eigenvalue weighted by atomic mass is 19.3. The number of halogens is 2. The van der Waals surface area contributed by atoms with Gasteiger partial charge in [-0.15, -0.1) is 0 Å². The van der Waals surface area contributed by atoms with Gasteiger partial charge in [-0.1, -0.05) is 6.07 Å². The maximum Gasteiger partial charge on any atom is 0.374 e. The molecule has 76 valence electrons. The highest BCUT2D eigenvalue weighted by molar-refractivity contribution is 5.75. The maximum atomic E-state index is 12.7. The smallest absolute Gasteiger partial charge is 0.374 e. The van der Waals surface area contributed by atoms with Gasteiger partial charge >= 0.3 is 11.9 Å². The van der Waals surface area contributed by atoms with Crippen molar-refractivity contribution < 1.29 is 18.7 Å². The van der Waals surface area contributed by atoms with Gasteiger partial charge in [-0.05, 0) is 18.6 Å². The third-order valence-electron chi connectivity index (χ3n) is 1.69. The Balaban J connectivity index is 2.79. The molecule has 0 aliphatic rings. The van der Waals surface area contributed by atoms with E-state index in [0.29, 0.717) is 0 Å². The van der Waals surface area contributed by atoms with Crippen LogP contribution in [0.1, 0.15) is 11.3 Å².